The Morgan fingerprint density at radius 3 is 2.08 bits per heavy atom. The van der Waals surface area contributed by atoms with Crippen molar-refractivity contribution in [1.29, 1.82) is 0 Å². The van der Waals surface area contributed by atoms with Crippen molar-refractivity contribution in [3.63, 3.8) is 0 Å². The van der Waals surface area contributed by atoms with Crippen molar-refractivity contribution in [2.24, 2.45) is 5.73 Å². The van der Waals surface area contributed by atoms with E-state index in [1.54, 1.807) is 18.2 Å². The second-order valence-electron chi connectivity index (χ2n) is 2.10. The third-order valence-corrected chi connectivity index (χ3v) is 1.10. The van der Waals surface area contributed by atoms with E-state index >= 15 is 0 Å². The monoisotopic (exact) mass is 184 g/mol. The van der Waals surface area contributed by atoms with E-state index in [4.69, 9.17) is 10.8 Å². The Labute approximate surface area is 76.0 Å². The summed E-state index contributed by atoms with van der Waals surface area (Å²) in [4.78, 5) is 9.59. The van der Waals surface area contributed by atoms with Crippen LogP contribution in [0.3, 0.4) is 0 Å². The summed E-state index contributed by atoms with van der Waals surface area (Å²) in [7, 11) is 0. The Balaban J connectivity index is 0.000000310. The van der Waals surface area contributed by atoms with Gasteiger partial charge in [-0.1, -0.05) is 18.2 Å². The first-order valence-corrected chi connectivity index (χ1v) is 3.72. The van der Waals surface area contributed by atoms with Crippen LogP contribution in [-0.4, -0.2) is 23.2 Å². The molecule has 0 heterocycles. The van der Waals surface area contributed by atoms with Crippen LogP contribution in [0.25, 0.3) is 0 Å². The molecule has 0 saturated carbocycles. The number of aliphatic hydroxyl groups excluding tert-OH is 1. The first kappa shape index (κ1) is 11.5. The standard InChI is InChI=1S/C6H5NO2.C2H7NO/c8-7(9)6-4-2-1-3-5-6;3-1-2-4/h1-5H;4H,1-3H2. The van der Waals surface area contributed by atoms with E-state index in [2.05, 4.69) is 0 Å². The van der Waals surface area contributed by atoms with Crippen LogP contribution in [0.4, 0.5) is 5.69 Å². The smallest absolute Gasteiger partial charge is 0.269 e. The van der Waals surface area contributed by atoms with E-state index in [0.717, 1.165) is 0 Å². The summed E-state index contributed by atoms with van der Waals surface area (Å²) in [5.41, 5.74) is 4.91. The van der Waals surface area contributed by atoms with Gasteiger partial charge >= 0.3 is 0 Å². The quantitative estimate of drug-likeness (QED) is 0.518. The van der Waals surface area contributed by atoms with E-state index in [-0.39, 0.29) is 12.3 Å². The highest BCUT2D eigenvalue weighted by Gasteiger charge is 1.98. The fraction of sp³-hybridized carbons (Fsp3) is 0.250. The number of para-hydroxylation sites is 1. The molecular formula is C8H12N2O3. The maximum absolute atomic E-state index is 10.0. The maximum Gasteiger partial charge on any atom is 0.269 e. The van der Waals surface area contributed by atoms with Crippen molar-refractivity contribution in [3.05, 3.63) is 40.4 Å². The highest BCUT2D eigenvalue weighted by atomic mass is 16.6. The molecule has 3 N–H and O–H groups in total. The molecule has 0 radical (unpaired) electrons. The van der Waals surface area contributed by atoms with Gasteiger partial charge in [0.05, 0.1) is 11.5 Å². The van der Waals surface area contributed by atoms with Crippen molar-refractivity contribution in [3.8, 4) is 0 Å². The van der Waals surface area contributed by atoms with E-state index in [1.165, 1.54) is 12.1 Å². The summed E-state index contributed by atoms with van der Waals surface area (Å²) >= 11 is 0. The van der Waals surface area contributed by atoms with Crippen LogP contribution >= 0.6 is 0 Å². The normalized spacial score (nSPS) is 8.46. The molecule has 1 rings (SSSR count). The van der Waals surface area contributed by atoms with Crippen LogP contribution in [0, 0.1) is 10.1 Å². The highest BCUT2D eigenvalue weighted by Crippen LogP contribution is 2.06. The molecular weight excluding hydrogens is 172 g/mol. The van der Waals surface area contributed by atoms with Crippen molar-refractivity contribution in [1.82, 2.24) is 0 Å². The van der Waals surface area contributed by atoms with E-state index in [0.29, 0.717) is 6.54 Å². The number of rotatable bonds is 2. The zero-order chi connectivity index (χ0) is 10.1. The van der Waals surface area contributed by atoms with Crippen LogP contribution in [0.1, 0.15) is 0 Å². The molecule has 13 heavy (non-hydrogen) atoms. The van der Waals surface area contributed by atoms with Crippen molar-refractivity contribution in [2.45, 2.75) is 0 Å². The Hall–Kier alpha value is -1.46. The highest BCUT2D eigenvalue weighted by molar-refractivity contribution is 5.27. The third kappa shape index (κ3) is 5.77. The Morgan fingerprint density at radius 2 is 1.85 bits per heavy atom. The lowest BCUT2D eigenvalue weighted by molar-refractivity contribution is -0.384. The van der Waals surface area contributed by atoms with Crippen molar-refractivity contribution < 1.29 is 10.0 Å². The van der Waals surface area contributed by atoms with Gasteiger partial charge in [0.25, 0.3) is 5.69 Å². The first-order chi connectivity index (χ1) is 6.22. The molecule has 0 aliphatic carbocycles. The second kappa shape index (κ2) is 7.20. The average molecular weight is 184 g/mol. The van der Waals surface area contributed by atoms with Crippen LogP contribution in [0.15, 0.2) is 30.3 Å². The molecule has 0 bridgehead atoms. The summed E-state index contributed by atoms with van der Waals surface area (Å²) in [6.45, 7) is 0.472. The second-order valence-corrected chi connectivity index (χ2v) is 2.10. The molecule has 0 spiro atoms. The van der Waals surface area contributed by atoms with Gasteiger partial charge in [-0.3, -0.25) is 10.1 Å². The minimum Gasteiger partial charge on any atom is -0.395 e. The van der Waals surface area contributed by atoms with Crippen LogP contribution in [-0.2, 0) is 0 Å². The average Bonchev–Trinajstić information content (AvgIpc) is 2.19. The number of nitro benzene ring substituents is 1. The molecule has 0 atom stereocenters. The van der Waals surface area contributed by atoms with Gasteiger partial charge in [0.15, 0.2) is 0 Å². The molecule has 0 aliphatic rings. The Morgan fingerprint density at radius 1 is 1.38 bits per heavy atom. The molecule has 0 aromatic heterocycles. The molecule has 0 saturated heterocycles. The van der Waals surface area contributed by atoms with Gasteiger partial charge in [0.1, 0.15) is 0 Å². The Bertz CT molecular complexity index is 236. The molecule has 0 aliphatic heterocycles. The lowest BCUT2D eigenvalue weighted by Gasteiger charge is -1.85. The number of nitrogens with two attached hydrogens (primary N) is 1. The van der Waals surface area contributed by atoms with Gasteiger partial charge < -0.3 is 10.8 Å². The molecule has 0 amide bonds. The minimum absolute atomic E-state index is 0.0972. The summed E-state index contributed by atoms with van der Waals surface area (Å²) < 4.78 is 0. The molecule has 1 aromatic rings. The number of nitrogens with zero attached hydrogens (tertiary/aromatic N) is 1. The lowest BCUT2D eigenvalue weighted by atomic mass is 10.3. The topological polar surface area (TPSA) is 89.4 Å². The number of non-ortho nitro benzene ring substituents is 1. The molecule has 1 aromatic carbocycles. The SMILES string of the molecule is NCCO.O=[N+]([O-])c1ccccc1. The zero-order valence-electron chi connectivity index (χ0n) is 7.09. The number of hydrogen-bond donors (Lipinski definition) is 2. The largest absolute Gasteiger partial charge is 0.395 e. The number of nitro groups is 1. The van der Waals surface area contributed by atoms with Crippen LogP contribution in [0.5, 0.6) is 0 Å². The maximum atomic E-state index is 10.0. The predicted octanol–water partition coefficient (Wildman–Crippen LogP) is 0.532. The lowest BCUT2D eigenvalue weighted by Crippen LogP contribution is -2.02. The van der Waals surface area contributed by atoms with Crippen molar-refractivity contribution in [2.75, 3.05) is 13.2 Å². The molecule has 5 nitrogen and oxygen atoms in total. The zero-order valence-corrected chi connectivity index (χ0v) is 7.09. The number of hydrogen-bond acceptors (Lipinski definition) is 4. The van der Waals surface area contributed by atoms with Gasteiger partial charge in [-0.15, -0.1) is 0 Å². The number of aliphatic hydroxyl groups is 1. The van der Waals surface area contributed by atoms with Crippen LogP contribution < -0.4 is 5.73 Å². The van der Waals surface area contributed by atoms with Crippen LogP contribution in [0.2, 0.25) is 0 Å². The fourth-order valence-electron chi connectivity index (χ4n) is 0.550. The minimum atomic E-state index is -0.417. The van der Waals surface area contributed by atoms with Gasteiger partial charge in [-0.2, -0.15) is 0 Å². The summed E-state index contributed by atoms with van der Waals surface area (Å²) in [5, 5.41) is 17.8. The molecule has 72 valence electrons. The first-order valence-electron chi connectivity index (χ1n) is 3.72. The van der Waals surface area contributed by atoms with E-state index in [9.17, 15) is 10.1 Å². The molecule has 5 heteroatoms. The summed E-state index contributed by atoms with van der Waals surface area (Å²) in [6.07, 6.45) is 0. The van der Waals surface area contributed by atoms with E-state index in [1.807, 2.05) is 0 Å². The molecule has 0 fully saturated rings. The Kier molecular flexibility index (Phi) is 6.39. The van der Waals surface area contributed by atoms with Gasteiger partial charge in [0, 0.05) is 18.7 Å². The van der Waals surface area contributed by atoms with Gasteiger partial charge in [0.2, 0.25) is 0 Å². The van der Waals surface area contributed by atoms with Gasteiger partial charge in [-0.05, 0) is 0 Å². The van der Waals surface area contributed by atoms with Crippen molar-refractivity contribution >= 4 is 5.69 Å². The summed E-state index contributed by atoms with van der Waals surface area (Å²) in [6, 6.07) is 7.93. The van der Waals surface area contributed by atoms with E-state index < -0.39 is 4.92 Å². The third-order valence-electron chi connectivity index (χ3n) is 1.10. The summed E-state index contributed by atoms with van der Waals surface area (Å²) in [5.74, 6) is 0. The van der Waals surface area contributed by atoms with Gasteiger partial charge in [-0.25, -0.2) is 0 Å². The molecule has 0 unspecified atom stereocenters. The predicted molar refractivity (Wildman–Crippen MR) is 49.2 cm³/mol. The fourth-order valence-corrected chi connectivity index (χ4v) is 0.550. The number of benzene rings is 1.